The molecule has 0 aliphatic carbocycles. The van der Waals surface area contributed by atoms with Crippen LogP contribution in [0.15, 0.2) is 36.4 Å². The molecule has 8 heteroatoms. The number of anilines is 1. The van der Waals surface area contributed by atoms with Gasteiger partial charge in [0.05, 0.1) is 4.92 Å². The van der Waals surface area contributed by atoms with Crippen LogP contribution in [-0.4, -0.2) is 10.8 Å². The van der Waals surface area contributed by atoms with Gasteiger partial charge in [0, 0.05) is 34.1 Å². The minimum atomic E-state index is -0.477. The van der Waals surface area contributed by atoms with Crippen molar-refractivity contribution in [3.8, 4) is 0 Å². The third-order valence-electron chi connectivity index (χ3n) is 2.58. The number of halogens is 3. The molecular weight excluding hydrogens is 613 g/mol. The topological polar surface area (TPSA) is 72.2 Å². The molecule has 21 heavy (non-hydrogen) atoms. The van der Waals surface area contributed by atoms with E-state index in [4.69, 9.17) is 0 Å². The molecule has 0 atom stereocenters. The predicted molar refractivity (Wildman–Crippen MR) is 106 cm³/mol. The Kier molecular flexibility index (Phi) is 5.76. The lowest BCUT2D eigenvalue weighted by molar-refractivity contribution is -0.384. The molecular formula is C13H7I3N2O3. The molecule has 1 amide bonds. The zero-order valence-electron chi connectivity index (χ0n) is 10.3. The van der Waals surface area contributed by atoms with Crippen molar-refractivity contribution in [1.82, 2.24) is 0 Å². The summed E-state index contributed by atoms with van der Waals surface area (Å²) in [4.78, 5) is 22.3. The van der Waals surface area contributed by atoms with Crippen LogP contribution in [0.25, 0.3) is 0 Å². The van der Waals surface area contributed by atoms with E-state index in [0.717, 1.165) is 10.7 Å². The van der Waals surface area contributed by atoms with E-state index in [1.807, 2.05) is 12.1 Å². The first-order valence-electron chi connectivity index (χ1n) is 5.59. The Bertz CT molecular complexity index is 694. The van der Waals surface area contributed by atoms with E-state index in [2.05, 4.69) is 73.1 Å². The Labute approximate surface area is 161 Å². The Balaban J connectivity index is 2.20. The monoisotopic (exact) mass is 620 g/mol. The van der Waals surface area contributed by atoms with Crippen LogP contribution in [-0.2, 0) is 0 Å². The first-order chi connectivity index (χ1) is 9.88. The van der Waals surface area contributed by atoms with Gasteiger partial charge in [0.2, 0.25) is 0 Å². The number of nitrogens with zero attached hydrogens (tertiary/aromatic N) is 1. The van der Waals surface area contributed by atoms with E-state index in [9.17, 15) is 14.9 Å². The fraction of sp³-hybridized carbons (Fsp3) is 0. The summed E-state index contributed by atoms with van der Waals surface area (Å²) in [5, 5.41) is 13.3. The summed E-state index contributed by atoms with van der Waals surface area (Å²) in [6.07, 6.45) is 0. The van der Waals surface area contributed by atoms with Gasteiger partial charge in [0.1, 0.15) is 0 Å². The lowest BCUT2D eigenvalue weighted by atomic mass is 10.2. The second kappa shape index (κ2) is 7.17. The average molecular weight is 620 g/mol. The van der Waals surface area contributed by atoms with Crippen LogP contribution in [0.4, 0.5) is 11.4 Å². The van der Waals surface area contributed by atoms with Crippen molar-refractivity contribution in [2.24, 2.45) is 0 Å². The summed E-state index contributed by atoms with van der Waals surface area (Å²) in [6, 6.07) is 9.36. The number of nitro benzene ring substituents is 1. The summed E-state index contributed by atoms with van der Waals surface area (Å²) < 4.78 is 3.13. The Hall–Kier alpha value is -0.500. The van der Waals surface area contributed by atoms with Crippen molar-refractivity contribution >= 4 is 85.1 Å². The highest BCUT2D eigenvalue weighted by Gasteiger charge is 2.12. The number of benzene rings is 2. The third-order valence-corrected chi connectivity index (χ3v) is 7.51. The van der Waals surface area contributed by atoms with Crippen molar-refractivity contribution in [3.63, 3.8) is 0 Å². The van der Waals surface area contributed by atoms with Crippen LogP contribution in [0.3, 0.4) is 0 Å². The summed E-state index contributed by atoms with van der Waals surface area (Å²) in [6.45, 7) is 0. The normalized spacial score (nSPS) is 10.2. The Morgan fingerprint density at radius 2 is 1.57 bits per heavy atom. The second-order valence-corrected chi connectivity index (χ2v) is 7.42. The van der Waals surface area contributed by atoms with Gasteiger partial charge >= 0.3 is 0 Å². The molecule has 0 bridgehead atoms. The molecule has 5 nitrogen and oxygen atoms in total. The fourth-order valence-corrected chi connectivity index (χ4v) is 3.64. The highest BCUT2D eigenvalue weighted by molar-refractivity contribution is 14.1. The summed E-state index contributed by atoms with van der Waals surface area (Å²) >= 11 is 6.60. The molecule has 0 radical (unpaired) electrons. The number of carbonyl (C=O) groups is 1. The van der Waals surface area contributed by atoms with Gasteiger partial charge in [-0.05, 0) is 92.0 Å². The van der Waals surface area contributed by atoms with Gasteiger partial charge in [-0.25, -0.2) is 0 Å². The molecule has 2 aromatic carbocycles. The van der Waals surface area contributed by atoms with Gasteiger partial charge in [-0.2, -0.15) is 0 Å². The van der Waals surface area contributed by atoms with Crippen LogP contribution in [0, 0.1) is 20.8 Å². The molecule has 0 saturated heterocycles. The number of non-ortho nitro benzene ring substituents is 1. The van der Waals surface area contributed by atoms with Gasteiger partial charge < -0.3 is 5.32 Å². The molecule has 0 aliphatic rings. The molecule has 2 rings (SSSR count). The summed E-state index contributed by atoms with van der Waals surface area (Å²) in [7, 11) is 0. The highest BCUT2D eigenvalue weighted by atomic mass is 127. The molecule has 0 aliphatic heterocycles. The predicted octanol–water partition coefficient (Wildman–Crippen LogP) is 4.66. The van der Waals surface area contributed by atoms with Crippen LogP contribution in [0.2, 0.25) is 0 Å². The van der Waals surface area contributed by atoms with Crippen molar-refractivity contribution in [2.75, 3.05) is 5.32 Å². The van der Waals surface area contributed by atoms with Gasteiger partial charge in [-0.15, -0.1) is 0 Å². The minimum Gasteiger partial charge on any atom is -0.322 e. The Morgan fingerprint density at radius 3 is 2.05 bits per heavy atom. The van der Waals surface area contributed by atoms with E-state index in [1.165, 1.54) is 24.3 Å². The lowest BCUT2D eigenvalue weighted by Crippen LogP contribution is -2.12. The molecule has 0 heterocycles. The maximum absolute atomic E-state index is 12.2. The summed E-state index contributed by atoms with van der Waals surface area (Å²) in [5.41, 5.74) is 1.07. The molecule has 0 spiro atoms. The zero-order chi connectivity index (χ0) is 15.6. The smallest absolute Gasteiger partial charge is 0.269 e. The first kappa shape index (κ1) is 16.9. The van der Waals surface area contributed by atoms with Crippen LogP contribution < -0.4 is 5.32 Å². The largest absolute Gasteiger partial charge is 0.322 e. The molecule has 0 saturated carbocycles. The molecule has 0 aromatic heterocycles. The van der Waals surface area contributed by atoms with E-state index >= 15 is 0 Å². The Morgan fingerprint density at radius 1 is 1.05 bits per heavy atom. The number of nitro groups is 1. The molecule has 108 valence electrons. The van der Waals surface area contributed by atoms with Crippen molar-refractivity contribution in [3.05, 3.63) is 62.8 Å². The minimum absolute atomic E-state index is 0.00800. The van der Waals surface area contributed by atoms with Gasteiger partial charge in [-0.1, -0.05) is 0 Å². The average Bonchev–Trinajstić information content (AvgIpc) is 2.44. The number of hydrogen-bond acceptors (Lipinski definition) is 3. The number of carbonyl (C=O) groups excluding carboxylic acids is 1. The molecule has 0 unspecified atom stereocenters. The number of amides is 1. The van der Waals surface area contributed by atoms with Crippen molar-refractivity contribution in [1.29, 1.82) is 0 Å². The third kappa shape index (κ3) is 4.25. The maximum Gasteiger partial charge on any atom is 0.269 e. The number of hydrogen-bond donors (Lipinski definition) is 1. The molecule has 1 N–H and O–H groups in total. The zero-order valence-corrected chi connectivity index (χ0v) is 16.7. The number of nitrogens with one attached hydrogen (secondary N) is 1. The van der Waals surface area contributed by atoms with Crippen LogP contribution >= 0.6 is 67.8 Å². The summed E-state index contributed by atoms with van der Waals surface area (Å²) in [5.74, 6) is -0.240. The van der Waals surface area contributed by atoms with Gasteiger partial charge in [-0.3, -0.25) is 14.9 Å². The van der Waals surface area contributed by atoms with Gasteiger partial charge in [0.15, 0.2) is 0 Å². The van der Waals surface area contributed by atoms with Crippen LogP contribution in [0.5, 0.6) is 0 Å². The molecule has 2 aromatic rings. The van der Waals surface area contributed by atoms with Gasteiger partial charge in [0.25, 0.3) is 11.6 Å². The van der Waals surface area contributed by atoms with E-state index in [0.29, 0.717) is 11.3 Å². The first-order valence-corrected chi connectivity index (χ1v) is 8.82. The maximum atomic E-state index is 12.2. The van der Waals surface area contributed by atoms with E-state index < -0.39 is 4.92 Å². The van der Waals surface area contributed by atoms with Crippen molar-refractivity contribution < 1.29 is 9.72 Å². The van der Waals surface area contributed by atoms with Crippen LogP contribution in [0.1, 0.15) is 10.4 Å². The number of rotatable bonds is 3. The highest BCUT2D eigenvalue weighted by Crippen LogP contribution is 2.24. The fourth-order valence-electron chi connectivity index (χ4n) is 1.56. The lowest BCUT2D eigenvalue weighted by Gasteiger charge is -2.07. The van der Waals surface area contributed by atoms with Crippen molar-refractivity contribution in [2.45, 2.75) is 0 Å². The standard InChI is InChI=1S/C13H7I3N2O3/c14-10-5-7(6-11(15)12(10)16)13(19)17-8-1-3-9(4-2-8)18(20)21/h1-6H,(H,17,19). The molecule has 0 fully saturated rings. The van der Waals surface area contributed by atoms with E-state index in [-0.39, 0.29) is 11.6 Å². The quantitative estimate of drug-likeness (QED) is 0.235. The second-order valence-electron chi connectivity index (χ2n) is 4.01. The SMILES string of the molecule is O=C(Nc1ccc([N+](=O)[O-])cc1)c1cc(I)c(I)c(I)c1. The van der Waals surface area contributed by atoms with E-state index in [1.54, 1.807) is 0 Å².